The monoisotopic (exact) mass is 261 g/mol. The Morgan fingerprint density at radius 2 is 2.00 bits per heavy atom. The Kier molecular flexibility index (Phi) is 4.85. The first-order valence-electron chi connectivity index (χ1n) is 6.39. The minimum Gasteiger partial charge on any atom is -0.459 e. The second-order valence-electron chi connectivity index (χ2n) is 6.25. The lowest BCUT2D eigenvalue weighted by atomic mass is 9.95. The molecule has 0 aromatic rings. The van der Waals surface area contributed by atoms with Gasteiger partial charge in [-0.1, -0.05) is 6.42 Å². The fourth-order valence-corrected chi connectivity index (χ4v) is 3.09. The van der Waals surface area contributed by atoms with E-state index >= 15 is 0 Å². The smallest absolute Gasteiger partial charge is 0.320 e. The Morgan fingerprint density at radius 3 is 2.47 bits per heavy atom. The Morgan fingerprint density at radius 1 is 1.29 bits per heavy atom. The van der Waals surface area contributed by atoms with Gasteiger partial charge in [0.1, 0.15) is 5.60 Å². The maximum Gasteiger partial charge on any atom is 0.320 e. The molecule has 2 rings (SSSR count). The lowest BCUT2D eigenvalue weighted by Crippen LogP contribution is -2.39. The van der Waals surface area contributed by atoms with Crippen molar-refractivity contribution in [3.8, 4) is 0 Å². The van der Waals surface area contributed by atoms with Gasteiger partial charge in [-0.15, -0.1) is 12.4 Å². The molecule has 1 N–H and O–H groups in total. The van der Waals surface area contributed by atoms with Crippen LogP contribution < -0.4 is 5.32 Å². The number of carbonyl (C=O) groups excluding carboxylic acids is 1. The molecule has 0 aliphatic heterocycles. The average Bonchev–Trinajstić information content (AvgIpc) is 2.72. The van der Waals surface area contributed by atoms with Crippen molar-refractivity contribution in [3.05, 3.63) is 0 Å². The molecule has 3 nitrogen and oxygen atoms in total. The molecule has 2 bridgehead atoms. The predicted octanol–water partition coefficient (Wildman–Crippen LogP) is 2.53. The topological polar surface area (TPSA) is 38.3 Å². The number of nitrogens with one attached hydrogen (secondary N) is 1. The standard InChI is InChI=1S/C13H23NO2.ClH/c1-13(2,3)16-12(15)8-14-11-7-9-4-5-10(11)6-9;/h9-11,14H,4-8H2,1-3H3;1H. The van der Waals surface area contributed by atoms with E-state index in [1.165, 1.54) is 25.7 Å². The van der Waals surface area contributed by atoms with Crippen LogP contribution in [0.5, 0.6) is 0 Å². The van der Waals surface area contributed by atoms with Gasteiger partial charge in [-0.25, -0.2) is 0 Å². The SMILES string of the molecule is CC(C)(C)OC(=O)CNC1CC2CCC1C2.Cl. The third-order valence-corrected chi connectivity index (χ3v) is 3.67. The highest BCUT2D eigenvalue weighted by molar-refractivity contribution is 5.85. The van der Waals surface area contributed by atoms with E-state index in [-0.39, 0.29) is 24.0 Å². The molecule has 0 heterocycles. The van der Waals surface area contributed by atoms with E-state index in [9.17, 15) is 4.79 Å². The summed E-state index contributed by atoms with van der Waals surface area (Å²) in [5.41, 5.74) is -0.368. The average molecular weight is 262 g/mol. The van der Waals surface area contributed by atoms with Crippen LogP contribution >= 0.6 is 12.4 Å². The van der Waals surface area contributed by atoms with Gasteiger partial charge in [-0.05, 0) is 51.9 Å². The molecular formula is C13H24ClNO2. The number of ether oxygens (including phenoxy) is 1. The molecule has 17 heavy (non-hydrogen) atoms. The van der Waals surface area contributed by atoms with Gasteiger partial charge in [0, 0.05) is 6.04 Å². The van der Waals surface area contributed by atoms with Gasteiger partial charge in [-0.2, -0.15) is 0 Å². The van der Waals surface area contributed by atoms with Gasteiger partial charge in [0.15, 0.2) is 0 Å². The van der Waals surface area contributed by atoms with Crippen LogP contribution in [0.4, 0.5) is 0 Å². The Balaban J connectivity index is 0.00000144. The third-order valence-electron chi connectivity index (χ3n) is 3.67. The van der Waals surface area contributed by atoms with Gasteiger partial charge < -0.3 is 10.1 Å². The minimum absolute atomic E-state index is 0. The van der Waals surface area contributed by atoms with Crippen LogP contribution in [0.3, 0.4) is 0 Å². The summed E-state index contributed by atoms with van der Waals surface area (Å²) in [4.78, 5) is 11.5. The Bertz CT molecular complexity index is 275. The van der Waals surface area contributed by atoms with Crippen molar-refractivity contribution >= 4 is 18.4 Å². The molecule has 0 spiro atoms. The van der Waals surface area contributed by atoms with Crippen LogP contribution in [0, 0.1) is 11.8 Å². The summed E-state index contributed by atoms with van der Waals surface area (Å²) in [6.07, 6.45) is 5.37. The Hall–Kier alpha value is -0.280. The van der Waals surface area contributed by atoms with E-state index in [4.69, 9.17) is 4.74 Å². The molecule has 4 heteroatoms. The van der Waals surface area contributed by atoms with Gasteiger partial charge in [0.25, 0.3) is 0 Å². The minimum atomic E-state index is -0.368. The molecule has 0 aromatic carbocycles. The highest BCUT2D eigenvalue weighted by Crippen LogP contribution is 2.44. The number of rotatable bonds is 3. The van der Waals surface area contributed by atoms with Crippen LogP contribution in [-0.4, -0.2) is 24.2 Å². The van der Waals surface area contributed by atoms with Crippen LogP contribution in [-0.2, 0) is 9.53 Å². The van der Waals surface area contributed by atoms with Crippen molar-refractivity contribution in [2.45, 2.75) is 58.1 Å². The van der Waals surface area contributed by atoms with E-state index < -0.39 is 0 Å². The molecule has 2 aliphatic carbocycles. The summed E-state index contributed by atoms with van der Waals surface area (Å²) >= 11 is 0. The quantitative estimate of drug-likeness (QED) is 0.794. The fourth-order valence-electron chi connectivity index (χ4n) is 3.09. The van der Waals surface area contributed by atoms with Crippen molar-refractivity contribution in [1.82, 2.24) is 5.32 Å². The Labute approximate surface area is 110 Å². The molecule has 2 fully saturated rings. The summed E-state index contributed by atoms with van der Waals surface area (Å²) in [6, 6.07) is 0.561. The molecular weight excluding hydrogens is 238 g/mol. The van der Waals surface area contributed by atoms with Crippen molar-refractivity contribution < 1.29 is 9.53 Å². The lowest BCUT2D eigenvalue weighted by molar-refractivity contribution is -0.153. The van der Waals surface area contributed by atoms with Crippen molar-refractivity contribution in [1.29, 1.82) is 0 Å². The summed E-state index contributed by atoms with van der Waals surface area (Å²) in [5.74, 6) is 1.60. The van der Waals surface area contributed by atoms with Gasteiger partial charge in [-0.3, -0.25) is 4.79 Å². The predicted molar refractivity (Wildman–Crippen MR) is 70.3 cm³/mol. The molecule has 0 aromatic heterocycles. The highest BCUT2D eigenvalue weighted by atomic mass is 35.5. The van der Waals surface area contributed by atoms with Crippen molar-refractivity contribution in [2.24, 2.45) is 11.8 Å². The molecule has 3 unspecified atom stereocenters. The third kappa shape index (κ3) is 4.14. The molecule has 2 aliphatic rings. The number of esters is 1. The van der Waals surface area contributed by atoms with Crippen LogP contribution in [0.25, 0.3) is 0 Å². The van der Waals surface area contributed by atoms with Crippen LogP contribution in [0.2, 0.25) is 0 Å². The maximum atomic E-state index is 11.5. The number of halogens is 1. The first-order valence-corrected chi connectivity index (χ1v) is 6.39. The van der Waals surface area contributed by atoms with E-state index in [0.717, 1.165) is 11.8 Å². The lowest BCUT2D eigenvalue weighted by Gasteiger charge is -2.24. The molecule has 0 saturated heterocycles. The summed E-state index contributed by atoms with van der Waals surface area (Å²) < 4.78 is 5.28. The normalized spacial score (nSPS) is 31.1. The zero-order valence-corrected chi connectivity index (χ0v) is 11.8. The zero-order chi connectivity index (χ0) is 11.8. The molecule has 0 amide bonds. The summed E-state index contributed by atoms with van der Waals surface area (Å²) in [5, 5.41) is 3.36. The van der Waals surface area contributed by atoms with Gasteiger partial charge in [0.2, 0.25) is 0 Å². The van der Waals surface area contributed by atoms with E-state index in [2.05, 4.69) is 5.32 Å². The summed E-state index contributed by atoms with van der Waals surface area (Å²) in [7, 11) is 0. The van der Waals surface area contributed by atoms with Crippen LogP contribution in [0.15, 0.2) is 0 Å². The second-order valence-corrected chi connectivity index (χ2v) is 6.25. The first kappa shape index (κ1) is 14.8. The fraction of sp³-hybridized carbons (Fsp3) is 0.923. The van der Waals surface area contributed by atoms with E-state index in [0.29, 0.717) is 12.6 Å². The molecule has 100 valence electrons. The molecule has 2 saturated carbocycles. The van der Waals surface area contributed by atoms with Gasteiger partial charge >= 0.3 is 5.97 Å². The number of hydrogen-bond acceptors (Lipinski definition) is 3. The number of carbonyl (C=O) groups is 1. The van der Waals surface area contributed by atoms with E-state index in [1.807, 2.05) is 20.8 Å². The summed E-state index contributed by atoms with van der Waals surface area (Å²) in [6.45, 7) is 6.08. The van der Waals surface area contributed by atoms with Crippen molar-refractivity contribution in [2.75, 3.05) is 6.54 Å². The van der Waals surface area contributed by atoms with Crippen molar-refractivity contribution in [3.63, 3.8) is 0 Å². The molecule has 0 radical (unpaired) electrons. The first-order chi connectivity index (χ1) is 7.44. The highest BCUT2D eigenvalue weighted by Gasteiger charge is 2.39. The van der Waals surface area contributed by atoms with Crippen LogP contribution in [0.1, 0.15) is 46.5 Å². The van der Waals surface area contributed by atoms with Gasteiger partial charge in [0.05, 0.1) is 6.54 Å². The number of hydrogen-bond donors (Lipinski definition) is 1. The largest absolute Gasteiger partial charge is 0.459 e. The zero-order valence-electron chi connectivity index (χ0n) is 11.0. The second kappa shape index (κ2) is 5.57. The maximum absolute atomic E-state index is 11.5. The molecule has 3 atom stereocenters. The van der Waals surface area contributed by atoms with E-state index in [1.54, 1.807) is 0 Å². The number of fused-ring (bicyclic) bond motifs is 2.